The van der Waals surface area contributed by atoms with Crippen LogP contribution in [-0.4, -0.2) is 36.0 Å². The van der Waals surface area contributed by atoms with Crippen LogP contribution >= 0.6 is 0 Å². The molecule has 0 aromatic heterocycles. The van der Waals surface area contributed by atoms with Crippen LogP contribution in [-0.2, 0) is 9.53 Å². The summed E-state index contributed by atoms with van der Waals surface area (Å²) >= 11 is 0. The Morgan fingerprint density at radius 3 is 1.94 bits per heavy atom. The van der Waals surface area contributed by atoms with E-state index < -0.39 is 52.6 Å². The molecule has 1 saturated heterocycles. The van der Waals surface area contributed by atoms with Crippen LogP contribution in [0.2, 0.25) is 0 Å². The number of unbranched alkanes of at least 4 members (excludes halogenated alkanes) is 7. The third kappa shape index (κ3) is 6.17. The van der Waals surface area contributed by atoms with Crippen LogP contribution in [0.15, 0.2) is 0 Å². The van der Waals surface area contributed by atoms with Crippen molar-refractivity contribution < 1.29 is 36.3 Å². The molecule has 4 nitrogen and oxygen atoms in total. The predicted octanol–water partition coefficient (Wildman–Crippen LogP) is 5.67. The van der Waals surface area contributed by atoms with E-state index in [1.807, 2.05) is 0 Å². The molecular formula is C22H28F5NO3. The molecule has 1 heterocycles. The molecule has 0 radical (unpaired) electrons. The molecule has 0 N–H and O–H groups in total. The van der Waals surface area contributed by atoms with E-state index in [0.717, 1.165) is 24.2 Å². The molecule has 1 atom stereocenters. The average Bonchev–Trinajstić information content (AvgIpc) is 3.25. The monoisotopic (exact) mass is 449 g/mol. The van der Waals surface area contributed by atoms with E-state index in [9.17, 15) is 31.5 Å². The van der Waals surface area contributed by atoms with Gasteiger partial charge >= 0.3 is 5.97 Å². The summed E-state index contributed by atoms with van der Waals surface area (Å²) in [6.45, 7) is 2.25. The number of nitrogens with zero attached hydrogens (tertiary/aromatic N) is 1. The molecule has 0 bridgehead atoms. The fraction of sp³-hybridized carbons (Fsp3) is 0.636. The Morgan fingerprint density at radius 2 is 1.35 bits per heavy atom. The molecule has 31 heavy (non-hydrogen) atoms. The van der Waals surface area contributed by atoms with Gasteiger partial charge in [0.2, 0.25) is 5.82 Å². The third-order valence-corrected chi connectivity index (χ3v) is 5.45. The van der Waals surface area contributed by atoms with Crippen molar-refractivity contribution in [3.8, 4) is 0 Å². The summed E-state index contributed by atoms with van der Waals surface area (Å²) in [5, 5.41) is 0. The number of esters is 1. The van der Waals surface area contributed by atoms with Crippen LogP contribution in [0.25, 0.3) is 0 Å². The molecule has 0 saturated carbocycles. The molecule has 1 aromatic carbocycles. The van der Waals surface area contributed by atoms with Gasteiger partial charge in [-0.1, -0.05) is 51.9 Å². The lowest BCUT2D eigenvalue weighted by molar-refractivity contribution is -0.148. The van der Waals surface area contributed by atoms with Gasteiger partial charge in [0, 0.05) is 6.54 Å². The zero-order chi connectivity index (χ0) is 23.0. The Balaban J connectivity index is 1.90. The van der Waals surface area contributed by atoms with Crippen LogP contribution in [0, 0.1) is 29.1 Å². The first-order chi connectivity index (χ1) is 14.8. The highest BCUT2D eigenvalue weighted by Gasteiger charge is 2.39. The van der Waals surface area contributed by atoms with Crippen LogP contribution in [0.5, 0.6) is 0 Å². The summed E-state index contributed by atoms with van der Waals surface area (Å²) in [5.74, 6) is -13.3. The maximum absolute atomic E-state index is 14.0. The van der Waals surface area contributed by atoms with Crippen LogP contribution < -0.4 is 0 Å². The smallest absolute Gasteiger partial charge is 0.328 e. The van der Waals surface area contributed by atoms with E-state index in [-0.39, 0.29) is 19.6 Å². The molecule has 0 spiro atoms. The van der Waals surface area contributed by atoms with Crippen molar-refractivity contribution in [2.45, 2.75) is 77.2 Å². The average molecular weight is 449 g/mol. The summed E-state index contributed by atoms with van der Waals surface area (Å²) < 4.78 is 73.2. The minimum Gasteiger partial charge on any atom is -0.464 e. The molecule has 2 rings (SSSR count). The number of ether oxygens (including phenoxy) is 1. The molecule has 1 aliphatic rings. The fourth-order valence-electron chi connectivity index (χ4n) is 3.70. The molecule has 1 aliphatic heterocycles. The summed E-state index contributed by atoms with van der Waals surface area (Å²) in [4.78, 5) is 25.7. The molecule has 0 aliphatic carbocycles. The van der Waals surface area contributed by atoms with Crippen LogP contribution in [0.1, 0.15) is 81.5 Å². The maximum atomic E-state index is 14.0. The van der Waals surface area contributed by atoms with Gasteiger partial charge in [-0.15, -0.1) is 0 Å². The predicted molar refractivity (Wildman–Crippen MR) is 104 cm³/mol. The van der Waals surface area contributed by atoms with Crippen molar-refractivity contribution in [3.05, 3.63) is 34.6 Å². The zero-order valence-corrected chi connectivity index (χ0v) is 17.6. The quantitative estimate of drug-likeness (QED) is 0.144. The molecule has 1 fully saturated rings. The molecular weight excluding hydrogens is 421 g/mol. The van der Waals surface area contributed by atoms with Gasteiger partial charge in [-0.05, 0) is 19.3 Å². The Labute approximate surface area is 178 Å². The van der Waals surface area contributed by atoms with E-state index in [4.69, 9.17) is 4.74 Å². The van der Waals surface area contributed by atoms with Gasteiger partial charge in [-0.25, -0.2) is 26.7 Å². The van der Waals surface area contributed by atoms with Gasteiger partial charge in [0.05, 0.1) is 6.61 Å². The molecule has 1 amide bonds. The number of benzene rings is 1. The second-order valence-corrected chi connectivity index (χ2v) is 7.74. The summed E-state index contributed by atoms with van der Waals surface area (Å²) in [6.07, 6.45) is 8.99. The fourth-order valence-corrected chi connectivity index (χ4v) is 3.70. The molecule has 1 aromatic rings. The van der Waals surface area contributed by atoms with Crippen molar-refractivity contribution >= 4 is 11.9 Å². The summed E-state index contributed by atoms with van der Waals surface area (Å²) in [6, 6.07) is -1.11. The van der Waals surface area contributed by atoms with Crippen LogP contribution in [0.3, 0.4) is 0 Å². The number of carbonyl (C=O) groups is 2. The Bertz CT molecular complexity index is 758. The molecule has 1 unspecified atom stereocenters. The number of rotatable bonds is 11. The Kier molecular flexibility index (Phi) is 9.71. The summed E-state index contributed by atoms with van der Waals surface area (Å²) in [5.41, 5.74) is -1.56. The SMILES string of the molecule is CCCCCCCCCCOC(=O)C1CCCN1C(=O)c1c(F)c(F)c(F)c(F)c1F. The normalized spacial score (nSPS) is 16.1. The molecule has 9 heteroatoms. The first-order valence-electron chi connectivity index (χ1n) is 10.8. The van der Waals surface area contributed by atoms with Gasteiger partial charge < -0.3 is 9.64 Å². The second-order valence-electron chi connectivity index (χ2n) is 7.74. The largest absolute Gasteiger partial charge is 0.464 e. The second kappa shape index (κ2) is 12.0. The van der Waals surface area contributed by atoms with Crippen molar-refractivity contribution in [1.82, 2.24) is 4.90 Å². The topological polar surface area (TPSA) is 46.6 Å². The van der Waals surface area contributed by atoms with Gasteiger partial charge in [-0.3, -0.25) is 4.79 Å². The van der Waals surface area contributed by atoms with E-state index in [2.05, 4.69) is 6.92 Å². The standard InChI is InChI=1S/C22H28F5NO3/c1-2-3-4-5-6-7-8-9-13-31-22(30)14-11-10-12-28(14)21(29)15-16(23)18(25)20(27)19(26)17(15)24/h14H,2-13H2,1H3. The lowest BCUT2D eigenvalue weighted by Gasteiger charge is -2.24. The van der Waals surface area contributed by atoms with E-state index in [1.54, 1.807) is 0 Å². The zero-order valence-electron chi connectivity index (χ0n) is 17.6. The number of halogens is 5. The van der Waals surface area contributed by atoms with Crippen molar-refractivity contribution in [2.75, 3.05) is 13.2 Å². The highest BCUT2D eigenvalue weighted by Crippen LogP contribution is 2.28. The molecule has 174 valence electrons. The highest BCUT2D eigenvalue weighted by molar-refractivity contribution is 5.97. The first-order valence-corrected chi connectivity index (χ1v) is 10.8. The third-order valence-electron chi connectivity index (χ3n) is 5.45. The van der Waals surface area contributed by atoms with Gasteiger partial charge in [0.1, 0.15) is 11.6 Å². The number of hydrogen-bond acceptors (Lipinski definition) is 3. The Hall–Kier alpha value is -2.19. The summed E-state index contributed by atoms with van der Waals surface area (Å²) in [7, 11) is 0. The number of amides is 1. The Morgan fingerprint density at radius 1 is 0.839 bits per heavy atom. The first kappa shape index (κ1) is 25.1. The minimum atomic E-state index is -2.34. The number of carbonyl (C=O) groups excluding carboxylic acids is 2. The van der Waals surface area contributed by atoms with Gasteiger partial charge in [0.15, 0.2) is 23.3 Å². The van der Waals surface area contributed by atoms with Gasteiger partial charge in [0.25, 0.3) is 5.91 Å². The van der Waals surface area contributed by atoms with Crippen molar-refractivity contribution in [2.24, 2.45) is 0 Å². The van der Waals surface area contributed by atoms with E-state index in [0.29, 0.717) is 12.8 Å². The lowest BCUT2D eigenvalue weighted by atomic mass is 10.1. The van der Waals surface area contributed by atoms with Gasteiger partial charge in [-0.2, -0.15) is 0 Å². The van der Waals surface area contributed by atoms with Crippen LogP contribution in [0.4, 0.5) is 22.0 Å². The van der Waals surface area contributed by atoms with E-state index in [1.165, 1.54) is 25.7 Å². The van der Waals surface area contributed by atoms with E-state index >= 15 is 0 Å². The highest BCUT2D eigenvalue weighted by atomic mass is 19.2. The van der Waals surface area contributed by atoms with Crippen molar-refractivity contribution in [1.29, 1.82) is 0 Å². The number of hydrogen-bond donors (Lipinski definition) is 0. The maximum Gasteiger partial charge on any atom is 0.328 e. The number of likely N-dealkylation sites (tertiary alicyclic amines) is 1. The lowest BCUT2D eigenvalue weighted by Crippen LogP contribution is -2.42. The minimum absolute atomic E-state index is 0.0458. The van der Waals surface area contributed by atoms with Crippen molar-refractivity contribution in [3.63, 3.8) is 0 Å².